The highest BCUT2D eigenvalue weighted by Gasteiger charge is 2.23. The summed E-state index contributed by atoms with van der Waals surface area (Å²) in [5.41, 5.74) is 6.66. The lowest BCUT2D eigenvalue weighted by atomic mass is 10.0. The van der Waals surface area contributed by atoms with Crippen LogP contribution in [0.25, 0.3) is 10.4 Å². The van der Waals surface area contributed by atoms with Gasteiger partial charge in [0.05, 0.1) is 11.4 Å². The molecule has 5 nitrogen and oxygen atoms in total. The van der Waals surface area contributed by atoms with Crippen molar-refractivity contribution in [3.63, 3.8) is 0 Å². The molecule has 1 atom stereocenters. The van der Waals surface area contributed by atoms with Crippen LogP contribution in [0.1, 0.15) is 30.7 Å². The van der Waals surface area contributed by atoms with Crippen LogP contribution in [-0.4, -0.2) is 41.5 Å². The third-order valence-corrected chi connectivity index (χ3v) is 5.64. The van der Waals surface area contributed by atoms with Gasteiger partial charge >= 0.3 is 0 Å². The maximum atomic E-state index is 11.7. The van der Waals surface area contributed by atoms with Gasteiger partial charge in [-0.25, -0.2) is 4.98 Å². The number of aromatic nitrogens is 1. The lowest BCUT2D eigenvalue weighted by molar-refractivity contribution is -0.121. The van der Waals surface area contributed by atoms with Crippen LogP contribution in [-0.2, 0) is 11.3 Å². The van der Waals surface area contributed by atoms with Crippen LogP contribution in [0, 0.1) is 0 Å². The Kier molecular flexibility index (Phi) is 6.55. The van der Waals surface area contributed by atoms with Gasteiger partial charge in [0.2, 0.25) is 5.91 Å². The number of nitrogens with two attached hydrogens (primary N) is 1. The Labute approximate surface area is 153 Å². The van der Waals surface area contributed by atoms with Crippen LogP contribution < -0.4 is 11.1 Å². The van der Waals surface area contributed by atoms with Crippen molar-refractivity contribution < 1.29 is 4.79 Å². The molecule has 0 aliphatic carbocycles. The lowest BCUT2D eigenvalue weighted by Gasteiger charge is -2.35. The first kappa shape index (κ1) is 18.0. The molecule has 2 heterocycles. The van der Waals surface area contributed by atoms with Gasteiger partial charge in [-0.2, -0.15) is 0 Å². The smallest absolute Gasteiger partial charge is 0.221 e. The molecule has 25 heavy (non-hydrogen) atoms. The van der Waals surface area contributed by atoms with E-state index in [0.29, 0.717) is 25.6 Å². The number of hydrogen-bond acceptors (Lipinski definition) is 5. The molecule has 1 aromatic carbocycles. The summed E-state index contributed by atoms with van der Waals surface area (Å²) in [7, 11) is 0. The molecule has 1 saturated heterocycles. The molecule has 3 rings (SSSR count). The topological polar surface area (TPSA) is 71.2 Å². The predicted molar refractivity (Wildman–Crippen MR) is 102 cm³/mol. The van der Waals surface area contributed by atoms with Crippen molar-refractivity contribution in [2.45, 2.75) is 38.3 Å². The molecular formula is C19H26N4OS. The van der Waals surface area contributed by atoms with Crippen molar-refractivity contribution in [1.82, 2.24) is 15.2 Å². The van der Waals surface area contributed by atoms with Gasteiger partial charge < -0.3 is 11.1 Å². The van der Waals surface area contributed by atoms with Gasteiger partial charge in [-0.05, 0) is 24.9 Å². The highest BCUT2D eigenvalue weighted by Crippen LogP contribution is 2.28. The second-order valence-electron chi connectivity index (χ2n) is 6.45. The molecule has 1 fully saturated rings. The zero-order chi connectivity index (χ0) is 17.5. The van der Waals surface area contributed by atoms with Crippen LogP contribution in [0.5, 0.6) is 0 Å². The molecule has 1 aliphatic rings. The van der Waals surface area contributed by atoms with E-state index >= 15 is 0 Å². The Morgan fingerprint density at radius 3 is 2.96 bits per heavy atom. The average Bonchev–Trinajstić information content (AvgIpc) is 3.11. The van der Waals surface area contributed by atoms with Gasteiger partial charge in [0, 0.05) is 31.7 Å². The molecule has 0 spiro atoms. The van der Waals surface area contributed by atoms with E-state index in [1.807, 2.05) is 12.3 Å². The summed E-state index contributed by atoms with van der Waals surface area (Å²) in [5, 5.41) is 4.16. The largest absolute Gasteiger partial charge is 0.354 e. The number of rotatable bonds is 7. The number of nitrogens with zero attached hydrogens (tertiary/aromatic N) is 2. The molecule has 1 amide bonds. The van der Waals surface area contributed by atoms with Gasteiger partial charge in [-0.3, -0.25) is 9.69 Å². The second-order valence-corrected chi connectivity index (χ2v) is 7.56. The third-order valence-electron chi connectivity index (χ3n) is 4.61. The van der Waals surface area contributed by atoms with Gasteiger partial charge in [0.25, 0.3) is 0 Å². The number of hydrogen-bond donors (Lipinski definition) is 2. The minimum absolute atomic E-state index is 0.0497. The van der Waals surface area contributed by atoms with Crippen LogP contribution in [0.3, 0.4) is 0 Å². The van der Waals surface area contributed by atoms with Gasteiger partial charge in [-0.15, -0.1) is 11.3 Å². The molecule has 2 aromatic rings. The van der Waals surface area contributed by atoms with Gasteiger partial charge in [0.15, 0.2) is 0 Å². The number of thiazole rings is 1. The third kappa shape index (κ3) is 5.11. The number of likely N-dealkylation sites (tertiary alicyclic amines) is 1. The maximum absolute atomic E-state index is 11.7. The number of nitrogens with one attached hydrogen (secondary N) is 1. The molecule has 134 valence electrons. The SMILES string of the molecule is NCCC(=O)NCC1CCCCN1Cc1ncc(-c2ccccc2)s1. The van der Waals surface area contributed by atoms with Gasteiger partial charge in [0.1, 0.15) is 5.01 Å². The highest BCUT2D eigenvalue weighted by atomic mass is 32.1. The maximum Gasteiger partial charge on any atom is 0.221 e. The summed E-state index contributed by atoms with van der Waals surface area (Å²) < 4.78 is 0. The molecule has 0 radical (unpaired) electrons. The summed E-state index contributed by atoms with van der Waals surface area (Å²) in [5.74, 6) is 0.0497. The van der Waals surface area contributed by atoms with E-state index in [4.69, 9.17) is 5.73 Å². The van der Waals surface area contributed by atoms with Crippen molar-refractivity contribution >= 4 is 17.2 Å². The Balaban J connectivity index is 1.60. The van der Waals surface area contributed by atoms with E-state index in [-0.39, 0.29) is 5.91 Å². The van der Waals surface area contributed by atoms with Crippen LogP contribution >= 0.6 is 11.3 Å². The summed E-state index contributed by atoms with van der Waals surface area (Å²) in [4.78, 5) is 20.0. The average molecular weight is 359 g/mol. The van der Waals surface area contributed by atoms with Gasteiger partial charge in [-0.1, -0.05) is 36.8 Å². The number of amides is 1. The van der Waals surface area contributed by atoms with E-state index in [1.54, 1.807) is 11.3 Å². The fourth-order valence-electron chi connectivity index (χ4n) is 3.24. The standard InChI is InChI=1S/C19H26N4OS/c20-10-9-18(24)21-12-16-8-4-5-11-23(16)14-19-22-13-17(25-19)15-6-2-1-3-7-15/h1-3,6-7,13,16H,4-5,8-12,14,20H2,(H,21,24). The molecule has 3 N–H and O–H groups in total. The minimum Gasteiger partial charge on any atom is -0.354 e. The zero-order valence-corrected chi connectivity index (χ0v) is 15.3. The lowest BCUT2D eigenvalue weighted by Crippen LogP contribution is -2.46. The number of carbonyl (C=O) groups excluding carboxylic acids is 1. The summed E-state index contributed by atoms with van der Waals surface area (Å²) >= 11 is 1.76. The molecule has 1 unspecified atom stereocenters. The first-order valence-corrected chi connectivity index (χ1v) is 9.79. The Morgan fingerprint density at radius 1 is 1.32 bits per heavy atom. The van der Waals surface area contributed by atoms with E-state index in [9.17, 15) is 4.79 Å². The fraction of sp³-hybridized carbons (Fsp3) is 0.474. The molecule has 1 aliphatic heterocycles. The van der Waals surface area contributed by atoms with E-state index in [2.05, 4.69) is 39.5 Å². The molecular weight excluding hydrogens is 332 g/mol. The number of piperidine rings is 1. The molecule has 0 saturated carbocycles. The van der Waals surface area contributed by atoms with Crippen LogP contribution in [0.4, 0.5) is 0 Å². The summed E-state index contributed by atoms with van der Waals surface area (Å²) in [6, 6.07) is 10.8. The molecule has 6 heteroatoms. The van der Waals surface area contributed by atoms with E-state index in [0.717, 1.165) is 24.5 Å². The quantitative estimate of drug-likeness (QED) is 0.798. The fourth-order valence-corrected chi connectivity index (χ4v) is 4.19. The first-order valence-electron chi connectivity index (χ1n) is 8.97. The Bertz CT molecular complexity index is 673. The van der Waals surface area contributed by atoms with Crippen molar-refractivity contribution in [2.24, 2.45) is 5.73 Å². The zero-order valence-electron chi connectivity index (χ0n) is 14.5. The second kappa shape index (κ2) is 9.08. The van der Waals surface area contributed by atoms with Crippen molar-refractivity contribution in [3.8, 4) is 10.4 Å². The molecule has 0 bridgehead atoms. The number of carbonyl (C=O) groups is 1. The number of benzene rings is 1. The normalized spacial score (nSPS) is 18.2. The monoisotopic (exact) mass is 358 g/mol. The summed E-state index contributed by atoms with van der Waals surface area (Å²) in [6.45, 7) is 3.03. The van der Waals surface area contributed by atoms with Crippen LogP contribution in [0.2, 0.25) is 0 Å². The van der Waals surface area contributed by atoms with E-state index in [1.165, 1.54) is 23.3 Å². The highest BCUT2D eigenvalue weighted by molar-refractivity contribution is 7.15. The first-order chi connectivity index (χ1) is 12.3. The summed E-state index contributed by atoms with van der Waals surface area (Å²) in [6.07, 6.45) is 5.93. The van der Waals surface area contributed by atoms with Crippen molar-refractivity contribution in [2.75, 3.05) is 19.6 Å². The van der Waals surface area contributed by atoms with Crippen molar-refractivity contribution in [1.29, 1.82) is 0 Å². The molecule has 1 aromatic heterocycles. The Hall–Kier alpha value is -1.76. The van der Waals surface area contributed by atoms with Crippen molar-refractivity contribution in [3.05, 3.63) is 41.5 Å². The Morgan fingerprint density at radius 2 is 2.16 bits per heavy atom. The van der Waals surface area contributed by atoms with E-state index < -0.39 is 0 Å². The predicted octanol–water partition coefficient (Wildman–Crippen LogP) is 2.63. The minimum atomic E-state index is 0.0497. The van der Waals surface area contributed by atoms with Crippen LogP contribution in [0.15, 0.2) is 36.5 Å².